The Bertz CT molecular complexity index is 624. The van der Waals surface area contributed by atoms with E-state index in [2.05, 4.69) is 5.32 Å². The Labute approximate surface area is 115 Å². The molecule has 0 amide bonds. The third-order valence-electron chi connectivity index (χ3n) is 2.68. The molecule has 1 atom stereocenters. The maximum atomic E-state index is 11.1. The number of ether oxygens (including phenoxy) is 1. The highest BCUT2D eigenvalue weighted by Crippen LogP contribution is 2.30. The van der Waals surface area contributed by atoms with E-state index in [1.807, 2.05) is 13.0 Å². The van der Waals surface area contributed by atoms with Gasteiger partial charge >= 0.3 is 0 Å². The lowest BCUT2D eigenvalue weighted by Gasteiger charge is -2.13. The van der Waals surface area contributed by atoms with Crippen LogP contribution < -0.4 is 10.5 Å². The summed E-state index contributed by atoms with van der Waals surface area (Å²) in [6.45, 7) is 2.67. The fourth-order valence-corrected chi connectivity index (χ4v) is 3.19. The average Bonchev–Trinajstić information content (AvgIpc) is 2.87. The van der Waals surface area contributed by atoms with Crippen molar-refractivity contribution in [2.45, 2.75) is 31.2 Å². The lowest BCUT2D eigenvalue weighted by atomic mass is 10.3. The van der Waals surface area contributed by atoms with E-state index in [1.165, 1.54) is 17.4 Å². The second kappa shape index (κ2) is 5.59. The van der Waals surface area contributed by atoms with Crippen molar-refractivity contribution >= 4 is 31.6 Å². The summed E-state index contributed by atoms with van der Waals surface area (Å²) in [5.74, 6) is 0. The van der Waals surface area contributed by atoms with Crippen LogP contribution in [0.3, 0.4) is 0 Å². The number of hydrogen-bond donors (Lipinski definition) is 2. The van der Waals surface area contributed by atoms with Gasteiger partial charge < -0.3 is 9.15 Å². The fourth-order valence-electron chi connectivity index (χ4n) is 1.70. The van der Waals surface area contributed by atoms with E-state index in [-0.39, 0.29) is 11.3 Å². The van der Waals surface area contributed by atoms with Crippen molar-refractivity contribution in [3.05, 3.63) is 17.0 Å². The van der Waals surface area contributed by atoms with E-state index < -0.39 is 10.0 Å². The summed E-state index contributed by atoms with van der Waals surface area (Å²) in [5.41, 5.74) is 0. The van der Waals surface area contributed by atoms with E-state index in [9.17, 15) is 8.42 Å². The van der Waals surface area contributed by atoms with E-state index in [0.29, 0.717) is 11.4 Å². The summed E-state index contributed by atoms with van der Waals surface area (Å²) in [6, 6.07) is 3.33. The molecule has 8 heteroatoms. The molecule has 6 nitrogen and oxygen atoms in total. The number of primary sulfonamides is 1. The molecule has 0 radical (unpaired) electrons. The summed E-state index contributed by atoms with van der Waals surface area (Å²) in [6.07, 6.45) is 0.876. The number of rotatable bonds is 6. The minimum absolute atomic E-state index is 0.00776. The van der Waals surface area contributed by atoms with Gasteiger partial charge in [-0.1, -0.05) is 6.92 Å². The topological polar surface area (TPSA) is 94.6 Å². The molecule has 2 aromatic heterocycles. The van der Waals surface area contributed by atoms with Crippen molar-refractivity contribution < 1.29 is 17.6 Å². The molecule has 2 heterocycles. The van der Waals surface area contributed by atoms with Gasteiger partial charge in [0.25, 0.3) is 10.0 Å². The van der Waals surface area contributed by atoms with Crippen LogP contribution in [0.1, 0.15) is 18.2 Å². The van der Waals surface area contributed by atoms with Crippen LogP contribution in [0.2, 0.25) is 0 Å². The first-order valence-corrected chi connectivity index (χ1v) is 8.11. The van der Waals surface area contributed by atoms with Crippen LogP contribution in [-0.2, 0) is 21.3 Å². The third-order valence-corrected chi connectivity index (χ3v) is 4.47. The molecule has 0 aliphatic rings. The van der Waals surface area contributed by atoms with Crippen molar-refractivity contribution in [2.24, 2.45) is 5.14 Å². The van der Waals surface area contributed by atoms with Crippen molar-refractivity contribution in [2.75, 3.05) is 7.11 Å². The first kappa shape index (κ1) is 14.5. The van der Waals surface area contributed by atoms with Crippen LogP contribution >= 0.6 is 11.3 Å². The number of furan rings is 1. The quantitative estimate of drug-likeness (QED) is 0.791. The molecule has 0 aliphatic carbocycles. The van der Waals surface area contributed by atoms with Gasteiger partial charge in [0.1, 0.15) is 6.23 Å². The Morgan fingerprint density at radius 2 is 2.26 bits per heavy atom. The minimum Gasteiger partial charge on any atom is -0.433 e. The summed E-state index contributed by atoms with van der Waals surface area (Å²) in [5, 5.41) is 8.79. The zero-order chi connectivity index (χ0) is 14.0. The molecule has 0 spiro atoms. The molecule has 0 fully saturated rings. The van der Waals surface area contributed by atoms with Crippen LogP contribution in [0.5, 0.6) is 0 Å². The van der Waals surface area contributed by atoms with E-state index in [1.54, 1.807) is 7.11 Å². The summed E-state index contributed by atoms with van der Waals surface area (Å²) < 4.78 is 32.7. The highest BCUT2D eigenvalue weighted by atomic mass is 32.2. The Morgan fingerprint density at radius 3 is 2.79 bits per heavy atom. The predicted molar refractivity (Wildman–Crippen MR) is 73.4 cm³/mol. The van der Waals surface area contributed by atoms with Crippen molar-refractivity contribution in [3.8, 4) is 0 Å². The Hall–Kier alpha value is -0.930. The Kier molecular flexibility index (Phi) is 4.26. The maximum Gasteiger partial charge on any atom is 0.271 e. The second-order valence-electron chi connectivity index (χ2n) is 4.08. The standard InChI is InChI=1S/C11H16N2O4S2/c1-3-9(16-2)13-6-8-4-7-5-10(19(12,14)15)17-11(7)18-8/h4-5,9,13H,3,6H2,1-2H3,(H2,12,14,15). The predicted octanol–water partition coefficient (Wildman–Crippen LogP) is 1.61. The number of nitrogens with two attached hydrogens (primary N) is 1. The summed E-state index contributed by atoms with van der Waals surface area (Å²) in [4.78, 5) is 1.61. The van der Waals surface area contributed by atoms with E-state index >= 15 is 0 Å². The fraction of sp³-hybridized carbons (Fsp3) is 0.455. The molecular formula is C11H16N2O4S2. The van der Waals surface area contributed by atoms with E-state index in [4.69, 9.17) is 14.3 Å². The molecule has 0 saturated heterocycles. The molecular weight excluding hydrogens is 288 g/mol. The van der Waals surface area contributed by atoms with Gasteiger partial charge in [0.15, 0.2) is 4.90 Å². The van der Waals surface area contributed by atoms with Crippen molar-refractivity contribution in [3.63, 3.8) is 0 Å². The number of fused-ring (bicyclic) bond motifs is 1. The van der Waals surface area contributed by atoms with Crippen molar-refractivity contribution in [1.29, 1.82) is 0 Å². The third kappa shape index (κ3) is 3.34. The van der Waals surface area contributed by atoms with Crippen LogP contribution in [-0.4, -0.2) is 21.8 Å². The number of nitrogens with one attached hydrogen (secondary N) is 1. The van der Waals surface area contributed by atoms with Crippen LogP contribution in [0.4, 0.5) is 0 Å². The normalized spacial score (nSPS) is 14.1. The van der Waals surface area contributed by atoms with Gasteiger partial charge in [-0.2, -0.15) is 0 Å². The largest absolute Gasteiger partial charge is 0.433 e. The van der Waals surface area contributed by atoms with Crippen molar-refractivity contribution in [1.82, 2.24) is 5.32 Å². The van der Waals surface area contributed by atoms with Gasteiger partial charge in [0.05, 0.1) is 0 Å². The molecule has 1 unspecified atom stereocenters. The van der Waals surface area contributed by atoms with Gasteiger partial charge in [-0.25, -0.2) is 13.6 Å². The van der Waals surface area contributed by atoms with E-state index in [0.717, 1.165) is 16.7 Å². The Balaban J connectivity index is 2.13. The molecule has 0 saturated carbocycles. The molecule has 0 aromatic carbocycles. The molecule has 0 aliphatic heterocycles. The van der Waals surface area contributed by atoms with Gasteiger partial charge in [0, 0.05) is 30.0 Å². The highest BCUT2D eigenvalue weighted by molar-refractivity contribution is 7.89. The van der Waals surface area contributed by atoms with Crippen LogP contribution in [0, 0.1) is 0 Å². The lowest BCUT2D eigenvalue weighted by Crippen LogP contribution is -2.29. The minimum atomic E-state index is -3.78. The highest BCUT2D eigenvalue weighted by Gasteiger charge is 2.16. The van der Waals surface area contributed by atoms with Gasteiger partial charge in [-0.05, 0) is 12.5 Å². The molecule has 19 heavy (non-hydrogen) atoms. The zero-order valence-electron chi connectivity index (χ0n) is 10.7. The number of hydrogen-bond acceptors (Lipinski definition) is 6. The van der Waals surface area contributed by atoms with Gasteiger partial charge in [0.2, 0.25) is 5.09 Å². The Morgan fingerprint density at radius 1 is 1.53 bits per heavy atom. The number of sulfonamides is 1. The number of thiophene rings is 1. The smallest absolute Gasteiger partial charge is 0.271 e. The second-order valence-corrected chi connectivity index (χ2v) is 6.67. The molecule has 2 aromatic rings. The summed E-state index contributed by atoms with van der Waals surface area (Å²) >= 11 is 1.39. The van der Waals surface area contributed by atoms with Crippen LogP contribution in [0.25, 0.3) is 10.3 Å². The molecule has 2 rings (SSSR count). The first-order chi connectivity index (χ1) is 8.94. The van der Waals surface area contributed by atoms with Gasteiger partial charge in [-0.3, -0.25) is 5.32 Å². The SMILES string of the molecule is CCC(NCc1cc2cc(S(N)(=O)=O)oc2s1)OC. The maximum absolute atomic E-state index is 11.1. The number of methoxy groups -OCH3 is 1. The lowest BCUT2D eigenvalue weighted by molar-refractivity contribution is 0.0696. The average molecular weight is 304 g/mol. The van der Waals surface area contributed by atoms with Gasteiger partial charge in [-0.15, -0.1) is 11.3 Å². The monoisotopic (exact) mass is 304 g/mol. The summed E-state index contributed by atoms with van der Waals surface area (Å²) in [7, 11) is -2.12. The molecule has 106 valence electrons. The molecule has 0 bridgehead atoms. The first-order valence-electron chi connectivity index (χ1n) is 5.75. The zero-order valence-corrected chi connectivity index (χ0v) is 12.3. The van der Waals surface area contributed by atoms with Crippen LogP contribution in [0.15, 0.2) is 21.6 Å². The molecule has 3 N–H and O–H groups in total.